The summed E-state index contributed by atoms with van der Waals surface area (Å²) in [6, 6.07) is 12.1. The molecule has 1 aromatic heterocycles. The van der Waals surface area contributed by atoms with Gasteiger partial charge in [-0.3, -0.25) is 9.78 Å². The standard InChI is InChI=1S/C19H21N3O2.2ClH/c23-19(22-11-9-15-5-6-16(13-22)21-15)14-3-7-17(8-4-14)24-18-2-1-10-20-12-18;;/h1-4,7-8,10,12,15-16,21H,5-6,9,11,13H2;2*1H. The second-order valence-electron chi connectivity index (χ2n) is 6.49. The van der Waals surface area contributed by atoms with Crippen LogP contribution >= 0.6 is 24.8 Å². The van der Waals surface area contributed by atoms with Gasteiger partial charge in [0, 0.05) is 36.9 Å². The summed E-state index contributed by atoms with van der Waals surface area (Å²) >= 11 is 0. The van der Waals surface area contributed by atoms with Crippen molar-refractivity contribution >= 4 is 30.7 Å². The minimum Gasteiger partial charge on any atom is -0.456 e. The number of likely N-dealkylation sites (tertiary alicyclic amines) is 1. The zero-order valence-corrected chi connectivity index (χ0v) is 16.0. The molecule has 26 heavy (non-hydrogen) atoms. The van der Waals surface area contributed by atoms with Crippen LogP contribution in [0.1, 0.15) is 29.6 Å². The first-order chi connectivity index (χ1) is 11.8. The number of carbonyl (C=O) groups excluding carboxylic acids is 1. The van der Waals surface area contributed by atoms with E-state index in [-0.39, 0.29) is 30.7 Å². The van der Waals surface area contributed by atoms with E-state index in [4.69, 9.17) is 4.74 Å². The molecule has 0 spiro atoms. The molecular weight excluding hydrogens is 373 g/mol. The molecule has 2 aliphatic heterocycles. The molecule has 2 saturated heterocycles. The molecule has 3 heterocycles. The summed E-state index contributed by atoms with van der Waals surface area (Å²) in [6.45, 7) is 1.64. The van der Waals surface area contributed by atoms with Crippen LogP contribution in [0.4, 0.5) is 0 Å². The highest BCUT2D eigenvalue weighted by molar-refractivity contribution is 5.94. The normalized spacial score (nSPS) is 21.2. The van der Waals surface area contributed by atoms with E-state index < -0.39 is 0 Å². The third-order valence-corrected chi connectivity index (χ3v) is 4.78. The fraction of sp³-hybridized carbons (Fsp3) is 0.368. The van der Waals surface area contributed by atoms with Gasteiger partial charge in [0.2, 0.25) is 0 Å². The first-order valence-corrected chi connectivity index (χ1v) is 8.51. The molecule has 2 atom stereocenters. The lowest BCUT2D eigenvalue weighted by Gasteiger charge is -2.24. The summed E-state index contributed by atoms with van der Waals surface area (Å²) in [4.78, 5) is 18.7. The summed E-state index contributed by atoms with van der Waals surface area (Å²) in [5.41, 5.74) is 0.714. The van der Waals surface area contributed by atoms with Gasteiger partial charge in [-0.15, -0.1) is 24.8 Å². The van der Waals surface area contributed by atoms with Gasteiger partial charge in [0.05, 0.1) is 6.20 Å². The lowest BCUT2D eigenvalue weighted by Crippen LogP contribution is -2.39. The average molecular weight is 396 g/mol. The highest BCUT2D eigenvalue weighted by Crippen LogP contribution is 2.23. The van der Waals surface area contributed by atoms with E-state index in [1.54, 1.807) is 12.4 Å². The number of carbonyl (C=O) groups is 1. The number of halogens is 2. The largest absolute Gasteiger partial charge is 0.456 e. The maximum atomic E-state index is 12.7. The van der Waals surface area contributed by atoms with Crippen molar-refractivity contribution in [2.45, 2.75) is 31.3 Å². The van der Waals surface area contributed by atoms with Gasteiger partial charge in [0.15, 0.2) is 0 Å². The van der Waals surface area contributed by atoms with Crippen LogP contribution in [-0.4, -0.2) is 41.0 Å². The molecule has 0 saturated carbocycles. The number of nitrogens with one attached hydrogen (secondary N) is 1. The van der Waals surface area contributed by atoms with Crippen molar-refractivity contribution in [3.63, 3.8) is 0 Å². The number of aromatic nitrogens is 1. The maximum Gasteiger partial charge on any atom is 0.253 e. The van der Waals surface area contributed by atoms with E-state index in [0.29, 0.717) is 29.1 Å². The van der Waals surface area contributed by atoms with Crippen LogP contribution in [0.3, 0.4) is 0 Å². The fourth-order valence-electron chi connectivity index (χ4n) is 3.52. The predicted octanol–water partition coefficient (Wildman–Crippen LogP) is 3.68. The van der Waals surface area contributed by atoms with E-state index in [0.717, 1.165) is 19.5 Å². The van der Waals surface area contributed by atoms with Gasteiger partial charge in [-0.2, -0.15) is 0 Å². The Morgan fingerprint density at radius 3 is 2.54 bits per heavy atom. The number of hydrogen-bond donors (Lipinski definition) is 1. The zero-order chi connectivity index (χ0) is 16.4. The number of ether oxygens (including phenoxy) is 1. The van der Waals surface area contributed by atoms with Crippen molar-refractivity contribution in [3.8, 4) is 11.5 Å². The molecule has 1 aromatic carbocycles. The van der Waals surface area contributed by atoms with Gasteiger partial charge in [0.1, 0.15) is 11.5 Å². The number of fused-ring (bicyclic) bond motifs is 2. The van der Waals surface area contributed by atoms with Crippen LogP contribution in [-0.2, 0) is 0 Å². The van der Waals surface area contributed by atoms with Crippen LogP contribution in [0.2, 0.25) is 0 Å². The maximum absolute atomic E-state index is 12.7. The molecule has 140 valence electrons. The topological polar surface area (TPSA) is 54.5 Å². The van der Waals surface area contributed by atoms with E-state index in [1.165, 1.54) is 12.8 Å². The highest BCUT2D eigenvalue weighted by Gasteiger charge is 2.31. The van der Waals surface area contributed by atoms with Crippen molar-refractivity contribution in [1.82, 2.24) is 15.2 Å². The van der Waals surface area contributed by atoms with Gasteiger partial charge in [0.25, 0.3) is 5.91 Å². The quantitative estimate of drug-likeness (QED) is 0.860. The number of hydrogen-bond acceptors (Lipinski definition) is 4. The number of nitrogens with zero attached hydrogens (tertiary/aromatic N) is 2. The molecule has 2 aromatic rings. The molecule has 2 unspecified atom stereocenters. The van der Waals surface area contributed by atoms with Gasteiger partial charge < -0.3 is 15.0 Å². The second kappa shape index (κ2) is 9.21. The summed E-state index contributed by atoms with van der Waals surface area (Å²) in [6.07, 6.45) is 6.83. The van der Waals surface area contributed by atoms with E-state index in [9.17, 15) is 4.79 Å². The van der Waals surface area contributed by atoms with Gasteiger partial charge >= 0.3 is 0 Å². The van der Waals surface area contributed by atoms with E-state index >= 15 is 0 Å². The third kappa shape index (κ3) is 4.67. The Balaban J connectivity index is 0.00000121. The summed E-state index contributed by atoms with van der Waals surface area (Å²) in [5, 5.41) is 3.61. The number of benzene rings is 1. The van der Waals surface area contributed by atoms with Crippen molar-refractivity contribution in [2.75, 3.05) is 13.1 Å². The lowest BCUT2D eigenvalue weighted by atomic mass is 10.1. The van der Waals surface area contributed by atoms with Gasteiger partial charge in [-0.1, -0.05) is 0 Å². The summed E-state index contributed by atoms with van der Waals surface area (Å²) in [7, 11) is 0. The van der Waals surface area contributed by atoms with Crippen LogP contribution < -0.4 is 10.1 Å². The lowest BCUT2D eigenvalue weighted by molar-refractivity contribution is 0.0748. The molecule has 2 fully saturated rings. The van der Waals surface area contributed by atoms with E-state index in [1.807, 2.05) is 41.3 Å². The van der Waals surface area contributed by atoms with Crippen molar-refractivity contribution in [2.24, 2.45) is 0 Å². The average Bonchev–Trinajstić information content (AvgIpc) is 2.95. The molecule has 2 bridgehead atoms. The molecule has 1 amide bonds. The highest BCUT2D eigenvalue weighted by atomic mass is 35.5. The smallest absolute Gasteiger partial charge is 0.253 e. The monoisotopic (exact) mass is 395 g/mol. The Morgan fingerprint density at radius 1 is 1.04 bits per heavy atom. The Kier molecular flexibility index (Phi) is 7.26. The SMILES string of the molecule is Cl.Cl.O=C(c1ccc(Oc2cccnc2)cc1)N1CCC2CCC(C1)N2. The first-order valence-electron chi connectivity index (χ1n) is 8.51. The number of pyridine rings is 1. The molecule has 0 aliphatic carbocycles. The Labute approximate surface area is 166 Å². The second-order valence-corrected chi connectivity index (χ2v) is 6.49. The Morgan fingerprint density at radius 2 is 1.81 bits per heavy atom. The number of rotatable bonds is 3. The van der Waals surface area contributed by atoms with Crippen LogP contribution in [0, 0.1) is 0 Å². The Hall–Kier alpha value is -1.82. The van der Waals surface area contributed by atoms with Crippen LogP contribution in [0.25, 0.3) is 0 Å². The molecule has 7 heteroatoms. The van der Waals surface area contributed by atoms with Crippen LogP contribution in [0.15, 0.2) is 48.8 Å². The van der Waals surface area contributed by atoms with Crippen LogP contribution in [0.5, 0.6) is 11.5 Å². The fourth-order valence-corrected chi connectivity index (χ4v) is 3.52. The minimum absolute atomic E-state index is 0. The summed E-state index contributed by atoms with van der Waals surface area (Å²) < 4.78 is 5.72. The van der Waals surface area contributed by atoms with Crippen molar-refractivity contribution in [3.05, 3.63) is 54.4 Å². The molecule has 4 rings (SSSR count). The third-order valence-electron chi connectivity index (χ3n) is 4.78. The molecule has 5 nitrogen and oxygen atoms in total. The van der Waals surface area contributed by atoms with Crippen molar-refractivity contribution in [1.29, 1.82) is 0 Å². The molecule has 2 aliphatic rings. The molecule has 0 radical (unpaired) electrons. The molecule has 1 N–H and O–H groups in total. The van der Waals surface area contributed by atoms with Crippen molar-refractivity contribution < 1.29 is 9.53 Å². The molecular formula is C19H23Cl2N3O2. The van der Waals surface area contributed by atoms with Gasteiger partial charge in [-0.05, 0) is 55.7 Å². The van der Waals surface area contributed by atoms with Gasteiger partial charge in [-0.25, -0.2) is 0 Å². The minimum atomic E-state index is 0. The Bertz CT molecular complexity index is 712. The first kappa shape index (κ1) is 20.5. The van der Waals surface area contributed by atoms with E-state index in [2.05, 4.69) is 10.3 Å². The summed E-state index contributed by atoms with van der Waals surface area (Å²) in [5.74, 6) is 1.50. The predicted molar refractivity (Wildman–Crippen MR) is 106 cm³/mol. The zero-order valence-electron chi connectivity index (χ0n) is 14.3. The number of amides is 1.